The Balaban J connectivity index is 2.45. The maximum atomic E-state index is 5.30. The van der Waals surface area contributed by atoms with Gasteiger partial charge in [0, 0.05) is 18.8 Å². The van der Waals surface area contributed by atoms with Gasteiger partial charge in [0.15, 0.2) is 5.11 Å². The summed E-state index contributed by atoms with van der Waals surface area (Å²) in [6, 6.07) is 1.92. The van der Waals surface area contributed by atoms with Gasteiger partial charge in [0.1, 0.15) is 5.69 Å². The Morgan fingerprint density at radius 2 is 2.17 bits per heavy atom. The lowest BCUT2D eigenvalue weighted by atomic mass is 10.4. The Hall–Kier alpha value is -1.43. The van der Waals surface area contributed by atoms with Gasteiger partial charge >= 0.3 is 0 Å². The average Bonchev–Trinajstić information content (AvgIpc) is 2.75. The molecule has 0 aliphatic heterocycles. The number of thiocarbonyl (C=S) groups is 1. The van der Waals surface area contributed by atoms with Gasteiger partial charge in [-0.1, -0.05) is 13.8 Å². The van der Waals surface area contributed by atoms with Crippen LogP contribution in [0.3, 0.4) is 0 Å². The van der Waals surface area contributed by atoms with Crippen LogP contribution in [0.4, 0.5) is 0 Å². The normalized spacial score (nSPS) is 10.8. The fourth-order valence-electron chi connectivity index (χ4n) is 1.58. The Bertz CT molecular complexity index is 393. The van der Waals surface area contributed by atoms with E-state index in [0.717, 1.165) is 37.3 Å². The van der Waals surface area contributed by atoms with Gasteiger partial charge in [0.25, 0.3) is 0 Å². The van der Waals surface area contributed by atoms with Crippen LogP contribution in [0.2, 0.25) is 0 Å². The molecule has 0 fully saturated rings. The molecule has 0 amide bonds. The minimum absolute atomic E-state index is 0.669. The van der Waals surface area contributed by atoms with Crippen molar-refractivity contribution in [3.8, 4) is 0 Å². The Morgan fingerprint density at radius 1 is 1.50 bits per heavy atom. The predicted octanol–water partition coefficient (Wildman–Crippen LogP) is 2.05. The van der Waals surface area contributed by atoms with Crippen LogP contribution in [0.25, 0.3) is 0 Å². The molecule has 1 aromatic heterocycles. The molecule has 0 atom stereocenters. The van der Waals surface area contributed by atoms with E-state index in [1.165, 1.54) is 0 Å². The van der Waals surface area contributed by atoms with E-state index in [0.29, 0.717) is 5.11 Å². The number of H-pyrrole nitrogens is 1. The summed E-state index contributed by atoms with van der Waals surface area (Å²) in [4.78, 5) is 2.13. The van der Waals surface area contributed by atoms with Crippen molar-refractivity contribution in [3.63, 3.8) is 0 Å². The Labute approximate surface area is 114 Å². The fourth-order valence-corrected chi connectivity index (χ4v) is 1.82. The number of nitrogens with zero attached hydrogens (tertiary/aromatic N) is 3. The van der Waals surface area contributed by atoms with Crippen LogP contribution in [-0.2, 0) is 0 Å². The van der Waals surface area contributed by atoms with Crippen LogP contribution in [0.1, 0.15) is 38.1 Å². The highest BCUT2D eigenvalue weighted by Gasteiger charge is 2.05. The second kappa shape index (κ2) is 7.81. The molecule has 0 spiro atoms. The summed E-state index contributed by atoms with van der Waals surface area (Å²) in [6.07, 6.45) is 3.81. The lowest BCUT2D eigenvalue weighted by Gasteiger charge is -2.23. The lowest BCUT2D eigenvalue weighted by Crippen LogP contribution is -2.38. The smallest absolute Gasteiger partial charge is 0.189 e. The van der Waals surface area contributed by atoms with Crippen molar-refractivity contribution in [2.45, 2.75) is 33.6 Å². The van der Waals surface area contributed by atoms with E-state index in [1.54, 1.807) is 6.21 Å². The monoisotopic (exact) mass is 267 g/mol. The molecule has 0 aliphatic carbocycles. The van der Waals surface area contributed by atoms with Gasteiger partial charge in [-0.3, -0.25) is 10.5 Å². The molecule has 6 heteroatoms. The lowest BCUT2D eigenvalue weighted by molar-refractivity contribution is 0.411. The number of hydrogen-bond acceptors (Lipinski definition) is 3. The van der Waals surface area contributed by atoms with E-state index < -0.39 is 0 Å². The van der Waals surface area contributed by atoms with E-state index in [1.807, 2.05) is 13.0 Å². The predicted molar refractivity (Wildman–Crippen MR) is 78.8 cm³/mol. The third-order valence-corrected chi connectivity index (χ3v) is 2.71. The highest BCUT2D eigenvalue weighted by Crippen LogP contribution is 1.96. The van der Waals surface area contributed by atoms with Crippen molar-refractivity contribution >= 4 is 23.5 Å². The summed E-state index contributed by atoms with van der Waals surface area (Å²) < 4.78 is 0. The zero-order valence-corrected chi connectivity index (χ0v) is 12.0. The summed E-state index contributed by atoms with van der Waals surface area (Å²) in [7, 11) is 0. The van der Waals surface area contributed by atoms with Crippen LogP contribution in [0.15, 0.2) is 11.2 Å². The molecule has 0 saturated carbocycles. The summed E-state index contributed by atoms with van der Waals surface area (Å²) in [5.41, 5.74) is 4.69. The summed E-state index contributed by atoms with van der Waals surface area (Å²) in [6.45, 7) is 8.14. The van der Waals surface area contributed by atoms with Gasteiger partial charge in [-0.25, -0.2) is 0 Å². The number of aromatic nitrogens is 2. The van der Waals surface area contributed by atoms with Crippen LogP contribution >= 0.6 is 12.2 Å². The first-order chi connectivity index (χ1) is 8.67. The summed E-state index contributed by atoms with van der Waals surface area (Å²) >= 11 is 5.30. The van der Waals surface area contributed by atoms with Crippen molar-refractivity contribution in [1.82, 2.24) is 20.5 Å². The van der Waals surface area contributed by atoms with Crippen LogP contribution in [0, 0.1) is 6.92 Å². The standard InChI is InChI=1S/C12H21N5S/c1-4-6-17(7-5-2)12(18)16-13-9-11-8-10(3)14-15-11/h8-9H,4-7H2,1-3H3,(H,14,15)(H,16,18). The minimum atomic E-state index is 0.669. The van der Waals surface area contributed by atoms with E-state index in [-0.39, 0.29) is 0 Å². The van der Waals surface area contributed by atoms with E-state index in [4.69, 9.17) is 12.2 Å². The molecule has 0 bridgehead atoms. The number of hydrogen-bond donors (Lipinski definition) is 2. The third kappa shape index (κ3) is 4.83. The molecule has 1 rings (SSSR count). The quantitative estimate of drug-likeness (QED) is 0.470. The molecule has 18 heavy (non-hydrogen) atoms. The Morgan fingerprint density at radius 3 is 2.67 bits per heavy atom. The first-order valence-electron chi connectivity index (χ1n) is 6.27. The number of aromatic amines is 1. The Kier molecular flexibility index (Phi) is 6.35. The van der Waals surface area contributed by atoms with Crippen molar-refractivity contribution in [2.24, 2.45) is 5.10 Å². The molecule has 5 nitrogen and oxygen atoms in total. The first kappa shape index (κ1) is 14.6. The van der Waals surface area contributed by atoms with Crippen LogP contribution in [0.5, 0.6) is 0 Å². The highest BCUT2D eigenvalue weighted by atomic mass is 32.1. The number of rotatable bonds is 6. The molecule has 0 aliphatic rings. The van der Waals surface area contributed by atoms with Gasteiger partial charge in [-0.2, -0.15) is 10.2 Å². The molecule has 2 N–H and O–H groups in total. The molecular weight excluding hydrogens is 246 g/mol. The molecule has 1 aromatic rings. The average molecular weight is 267 g/mol. The van der Waals surface area contributed by atoms with Crippen molar-refractivity contribution in [2.75, 3.05) is 13.1 Å². The van der Waals surface area contributed by atoms with Gasteiger partial charge in [-0.15, -0.1) is 0 Å². The second-order valence-electron chi connectivity index (χ2n) is 4.14. The zero-order valence-electron chi connectivity index (χ0n) is 11.2. The highest BCUT2D eigenvalue weighted by molar-refractivity contribution is 7.80. The number of nitrogens with one attached hydrogen (secondary N) is 2. The minimum Gasteiger partial charge on any atom is -0.348 e. The molecule has 0 saturated heterocycles. The van der Waals surface area contributed by atoms with Crippen molar-refractivity contribution in [1.29, 1.82) is 0 Å². The maximum Gasteiger partial charge on any atom is 0.189 e. The second-order valence-corrected chi connectivity index (χ2v) is 4.52. The SMILES string of the molecule is CCCN(CCC)C(=S)NN=Cc1cc(C)[nH]n1. The van der Waals surface area contributed by atoms with Gasteiger partial charge < -0.3 is 4.90 Å². The third-order valence-electron chi connectivity index (χ3n) is 2.36. The summed E-state index contributed by atoms with van der Waals surface area (Å²) in [5.74, 6) is 0. The topological polar surface area (TPSA) is 56.3 Å². The number of hydrazone groups is 1. The van der Waals surface area contributed by atoms with Crippen LogP contribution < -0.4 is 5.43 Å². The molecule has 100 valence electrons. The maximum absolute atomic E-state index is 5.30. The van der Waals surface area contributed by atoms with E-state index in [9.17, 15) is 0 Å². The van der Waals surface area contributed by atoms with Crippen molar-refractivity contribution < 1.29 is 0 Å². The molecule has 1 heterocycles. The number of aryl methyl sites for hydroxylation is 1. The van der Waals surface area contributed by atoms with Gasteiger partial charge in [0.2, 0.25) is 0 Å². The first-order valence-corrected chi connectivity index (χ1v) is 6.68. The molecule has 0 unspecified atom stereocenters. The molecule has 0 aromatic carbocycles. The van der Waals surface area contributed by atoms with E-state index >= 15 is 0 Å². The van der Waals surface area contributed by atoms with Gasteiger partial charge in [0.05, 0.1) is 6.21 Å². The van der Waals surface area contributed by atoms with Gasteiger partial charge in [-0.05, 0) is 38.0 Å². The largest absolute Gasteiger partial charge is 0.348 e. The molecule has 0 radical (unpaired) electrons. The summed E-state index contributed by atoms with van der Waals surface area (Å²) in [5, 5.41) is 11.7. The van der Waals surface area contributed by atoms with Crippen LogP contribution in [-0.4, -0.2) is 39.5 Å². The van der Waals surface area contributed by atoms with E-state index in [2.05, 4.69) is 39.5 Å². The van der Waals surface area contributed by atoms with Crippen molar-refractivity contribution in [3.05, 3.63) is 17.5 Å². The molecular formula is C12H21N5S. The zero-order chi connectivity index (χ0) is 13.4. The fraction of sp³-hybridized carbons (Fsp3) is 0.583.